The molecule has 0 aromatic carbocycles. The third-order valence-electron chi connectivity index (χ3n) is 10.7. The predicted octanol–water partition coefficient (Wildman–Crippen LogP) is 4.10. The summed E-state index contributed by atoms with van der Waals surface area (Å²) in [6.07, 6.45) is -5.78. The molecule has 0 bridgehead atoms. The van der Waals surface area contributed by atoms with E-state index in [0.29, 0.717) is 37.6 Å². The van der Waals surface area contributed by atoms with Crippen molar-refractivity contribution in [1.82, 2.24) is 0 Å². The third kappa shape index (κ3) is 17.7. The molecule has 0 aliphatic carbocycles. The molecule has 0 spiro atoms. The Labute approximate surface area is 404 Å². The molecule has 0 saturated carbocycles. The first kappa shape index (κ1) is 57.5. The number of methoxy groups -OCH3 is 1. The Bertz CT molecular complexity index is 1780. The monoisotopic (exact) mass is 986 g/mol. The molecule has 6 saturated heterocycles. The zero-order valence-corrected chi connectivity index (χ0v) is 42.1. The lowest BCUT2D eigenvalue weighted by Crippen LogP contribution is -2.38. The quantitative estimate of drug-likeness (QED) is 0.0656. The van der Waals surface area contributed by atoms with Crippen molar-refractivity contribution in [3.63, 3.8) is 0 Å². The number of esters is 4. The molecule has 21 heteroatoms. The van der Waals surface area contributed by atoms with Crippen molar-refractivity contribution in [2.24, 2.45) is 11.3 Å². The second kappa shape index (κ2) is 25.9. The maximum absolute atomic E-state index is 11.8. The van der Waals surface area contributed by atoms with Gasteiger partial charge in [0, 0.05) is 29.7 Å². The summed E-state index contributed by atoms with van der Waals surface area (Å²) < 4.78 is 87.2. The van der Waals surface area contributed by atoms with E-state index in [1.165, 1.54) is 6.92 Å². The van der Waals surface area contributed by atoms with Crippen LogP contribution in [0.2, 0.25) is 0 Å². The smallest absolute Gasteiger partial charge is 0.454 e. The zero-order valence-electron chi connectivity index (χ0n) is 42.1. The zero-order chi connectivity index (χ0) is 51.4. The fourth-order valence-electron chi connectivity index (χ4n) is 7.42. The van der Waals surface area contributed by atoms with Gasteiger partial charge in [-0.3, -0.25) is 0 Å². The predicted molar refractivity (Wildman–Crippen MR) is 240 cm³/mol. The van der Waals surface area contributed by atoms with E-state index in [0.717, 1.165) is 0 Å². The summed E-state index contributed by atoms with van der Waals surface area (Å²) >= 11 is 0. The van der Waals surface area contributed by atoms with Crippen molar-refractivity contribution < 1.29 is 99.8 Å². The van der Waals surface area contributed by atoms with Crippen LogP contribution in [-0.2, 0) is 95.0 Å². The molecule has 13 atom stereocenters. The van der Waals surface area contributed by atoms with Crippen LogP contribution in [-0.4, -0.2) is 182 Å². The molecule has 0 N–H and O–H groups in total. The van der Waals surface area contributed by atoms with E-state index >= 15 is 0 Å². The van der Waals surface area contributed by atoms with Gasteiger partial charge in [-0.25, -0.2) is 24.0 Å². The number of ether oxygens (including phenoxy) is 16. The van der Waals surface area contributed by atoms with Gasteiger partial charge in [0.1, 0.15) is 61.2 Å². The largest absolute Gasteiger partial charge is 0.509 e. The van der Waals surface area contributed by atoms with Crippen LogP contribution in [0.3, 0.4) is 0 Å². The first-order chi connectivity index (χ1) is 32.3. The van der Waals surface area contributed by atoms with Crippen molar-refractivity contribution in [1.29, 1.82) is 0 Å². The average molecular weight is 987 g/mol. The minimum absolute atomic E-state index is 0.0643. The Morgan fingerprint density at radius 2 is 0.957 bits per heavy atom. The fourth-order valence-corrected chi connectivity index (χ4v) is 7.42. The topological polar surface area (TPSA) is 233 Å². The normalized spacial score (nSPS) is 30.3. The fraction of sp³-hybridized carbons (Fsp3) is 0.771. The summed E-state index contributed by atoms with van der Waals surface area (Å²) in [6, 6.07) is 0. The van der Waals surface area contributed by atoms with Gasteiger partial charge in [-0.1, -0.05) is 54.4 Å². The van der Waals surface area contributed by atoms with Crippen molar-refractivity contribution in [3.05, 3.63) is 36.5 Å². The van der Waals surface area contributed by atoms with E-state index < -0.39 is 85.0 Å². The van der Waals surface area contributed by atoms with Crippen LogP contribution in [0.5, 0.6) is 0 Å². The molecule has 6 aliphatic heterocycles. The van der Waals surface area contributed by atoms with Crippen molar-refractivity contribution >= 4 is 30.0 Å². The van der Waals surface area contributed by atoms with Crippen molar-refractivity contribution in [2.45, 2.75) is 161 Å². The van der Waals surface area contributed by atoms with Gasteiger partial charge < -0.3 is 75.8 Å². The van der Waals surface area contributed by atoms with Gasteiger partial charge in [-0.15, -0.1) is 0 Å². The standard InChI is InChI=1S/C18H28O8.C15H22O7.C15H24O6/c1-11(2)17(20)24-8-14(19)26-13-7-23-15-12(6-22-16(13)15)25-10-21-9-18(3,4)5;1-8(2)13(16)20-9-6-18-12-10(7-19-11(9)12)21-14(17)22-15(3,4)5;1-8(2)14(16)20-10-6-18-13-11(7-19-12(10)13)21-15(17-5)9(3)4/h12-13,15-16H,1,6-10H2,2-5H3;9-12H,1,6-7H2,2-5H3;9-13,15H,1,6-7H2,2-5H3. The van der Waals surface area contributed by atoms with Crippen molar-refractivity contribution in [3.8, 4) is 0 Å². The number of hydrogen-bond acceptors (Lipinski definition) is 21. The summed E-state index contributed by atoms with van der Waals surface area (Å²) in [5.41, 5.74) is 0.322. The van der Waals surface area contributed by atoms with Gasteiger partial charge >= 0.3 is 30.0 Å². The average Bonchev–Trinajstić information content (AvgIpc) is 4.11. The molecule has 6 rings (SSSR count). The summed E-state index contributed by atoms with van der Waals surface area (Å²) in [5, 5.41) is 0. The van der Waals surface area contributed by atoms with Gasteiger partial charge in [0.05, 0.1) is 46.2 Å². The van der Waals surface area contributed by atoms with E-state index in [1.807, 2.05) is 13.8 Å². The molecular weight excluding hydrogens is 913 g/mol. The van der Waals surface area contributed by atoms with E-state index in [-0.39, 0.29) is 80.3 Å². The second-order valence-electron chi connectivity index (χ2n) is 20.0. The highest BCUT2D eigenvalue weighted by Gasteiger charge is 2.53. The molecule has 0 amide bonds. The molecule has 0 aromatic heterocycles. The van der Waals surface area contributed by atoms with E-state index in [9.17, 15) is 24.0 Å². The van der Waals surface area contributed by atoms with E-state index in [2.05, 4.69) is 40.5 Å². The number of rotatable bonds is 17. The summed E-state index contributed by atoms with van der Waals surface area (Å²) in [5.74, 6) is -1.98. The first-order valence-electron chi connectivity index (χ1n) is 23.0. The summed E-state index contributed by atoms with van der Waals surface area (Å²) in [6.45, 7) is 32.7. The number of carbonyl (C=O) groups is 5. The molecule has 6 fully saturated rings. The van der Waals surface area contributed by atoms with Gasteiger partial charge in [0.15, 0.2) is 37.3 Å². The molecule has 21 nitrogen and oxygen atoms in total. The SMILES string of the molecule is C=C(C)C(=O)OC1COC2C(OC(=O)OC(C)(C)C)COC12.C=C(C)C(=O)OC1COC2C(OC(OC)C(C)C)COC12.C=C(C)C(=O)OCC(=O)OC1COC2C(OCOCC(C)(C)C)COC12. The van der Waals surface area contributed by atoms with Crippen LogP contribution >= 0.6 is 0 Å². The van der Waals surface area contributed by atoms with Crippen LogP contribution in [0.4, 0.5) is 4.79 Å². The van der Waals surface area contributed by atoms with Gasteiger partial charge in [-0.05, 0) is 47.0 Å². The lowest BCUT2D eigenvalue weighted by molar-refractivity contribution is -0.193. The second-order valence-corrected chi connectivity index (χ2v) is 20.0. The Morgan fingerprint density at radius 3 is 1.36 bits per heavy atom. The minimum Gasteiger partial charge on any atom is -0.454 e. The lowest BCUT2D eigenvalue weighted by Gasteiger charge is -2.25. The number of fused-ring (bicyclic) bond motifs is 3. The van der Waals surface area contributed by atoms with Crippen molar-refractivity contribution in [2.75, 3.05) is 66.8 Å². The summed E-state index contributed by atoms with van der Waals surface area (Å²) in [4.78, 5) is 58.0. The molecule has 392 valence electrons. The molecule has 6 heterocycles. The number of carbonyl (C=O) groups excluding carboxylic acids is 5. The Morgan fingerprint density at radius 1 is 0.565 bits per heavy atom. The summed E-state index contributed by atoms with van der Waals surface area (Å²) in [7, 11) is 1.62. The van der Waals surface area contributed by atoms with Crippen LogP contribution in [0.25, 0.3) is 0 Å². The molecular formula is C48H74O21. The van der Waals surface area contributed by atoms with Crippen LogP contribution in [0.15, 0.2) is 36.5 Å². The molecule has 0 radical (unpaired) electrons. The van der Waals surface area contributed by atoms with Crippen LogP contribution in [0.1, 0.15) is 76.2 Å². The van der Waals surface area contributed by atoms with Crippen LogP contribution < -0.4 is 0 Å². The minimum atomic E-state index is -0.771. The molecule has 6 aliphatic rings. The van der Waals surface area contributed by atoms with Gasteiger partial charge in [0.2, 0.25) is 0 Å². The highest BCUT2D eigenvalue weighted by molar-refractivity contribution is 5.88. The van der Waals surface area contributed by atoms with Gasteiger partial charge in [-0.2, -0.15) is 0 Å². The Hall–Kier alpha value is -4.03. The van der Waals surface area contributed by atoms with Gasteiger partial charge in [0.25, 0.3) is 0 Å². The highest BCUT2D eigenvalue weighted by Crippen LogP contribution is 2.34. The Balaban J connectivity index is 0.000000227. The van der Waals surface area contributed by atoms with E-state index in [4.69, 9.17) is 75.8 Å². The molecule has 13 unspecified atom stereocenters. The van der Waals surface area contributed by atoms with E-state index in [1.54, 1.807) is 41.7 Å². The first-order valence-corrected chi connectivity index (χ1v) is 23.0. The molecule has 0 aromatic rings. The maximum atomic E-state index is 11.8. The lowest BCUT2D eigenvalue weighted by atomic mass is 9.99. The Kier molecular flexibility index (Phi) is 21.6. The highest BCUT2D eigenvalue weighted by atomic mass is 16.8. The number of hydrogen-bond donors (Lipinski definition) is 0. The van der Waals surface area contributed by atoms with Crippen LogP contribution in [0, 0.1) is 11.3 Å². The maximum Gasteiger partial charge on any atom is 0.509 e. The third-order valence-corrected chi connectivity index (χ3v) is 10.7. The molecule has 69 heavy (non-hydrogen) atoms.